The zero-order valence-corrected chi connectivity index (χ0v) is 13.8. The number of halogens is 2. The predicted molar refractivity (Wildman–Crippen MR) is 92.6 cm³/mol. The minimum atomic E-state index is -0.214. The van der Waals surface area contributed by atoms with Gasteiger partial charge in [0.05, 0.1) is 0 Å². The normalized spacial score (nSPS) is 18.0. The lowest BCUT2D eigenvalue weighted by Gasteiger charge is -2.31. The van der Waals surface area contributed by atoms with Gasteiger partial charge in [0.1, 0.15) is 11.6 Å². The summed E-state index contributed by atoms with van der Waals surface area (Å²) >= 11 is 0. The second-order valence-electron chi connectivity index (χ2n) is 6.58. The van der Waals surface area contributed by atoms with Gasteiger partial charge in [-0.15, -0.1) is 0 Å². The van der Waals surface area contributed by atoms with Crippen molar-refractivity contribution in [2.45, 2.75) is 38.4 Å². The van der Waals surface area contributed by atoms with E-state index in [2.05, 4.69) is 10.2 Å². The largest absolute Gasteiger partial charge is 0.313 e. The van der Waals surface area contributed by atoms with Crippen molar-refractivity contribution >= 4 is 0 Å². The van der Waals surface area contributed by atoms with Crippen LogP contribution in [0.3, 0.4) is 0 Å². The summed E-state index contributed by atoms with van der Waals surface area (Å²) in [5.74, 6) is -0.428. The molecule has 1 heterocycles. The fourth-order valence-corrected chi connectivity index (χ4v) is 3.36. The van der Waals surface area contributed by atoms with E-state index in [1.54, 1.807) is 24.3 Å². The van der Waals surface area contributed by atoms with Crippen LogP contribution >= 0.6 is 0 Å². The summed E-state index contributed by atoms with van der Waals surface area (Å²) < 4.78 is 27.0. The van der Waals surface area contributed by atoms with Gasteiger partial charge < -0.3 is 5.32 Å². The number of rotatable bonds is 6. The summed E-state index contributed by atoms with van der Waals surface area (Å²) in [4.78, 5) is 2.27. The maximum absolute atomic E-state index is 13.5. The number of nitrogens with zero attached hydrogens (tertiary/aromatic N) is 1. The molecule has 1 atom stereocenters. The van der Waals surface area contributed by atoms with Gasteiger partial charge in [0, 0.05) is 25.7 Å². The van der Waals surface area contributed by atoms with Gasteiger partial charge in [-0.05, 0) is 54.8 Å². The van der Waals surface area contributed by atoms with Crippen molar-refractivity contribution in [1.29, 1.82) is 0 Å². The molecule has 0 radical (unpaired) electrons. The molecule has 24 heavy (non-hydrogen) atoms. The fourth-order valence-electron chi connectivity index (χ4n) is 3.36. The smallest absolute Gasteiger partial charge is 0.123 e. The minimum Gasteiger partial charge on any atom is -0.313 e. The molecule has 0 aromatic heterocycles. The molecule has 1 aliphatic heterocycles. The average molecular weight is 330 g/mol. The molecule has 1 saturated heterocycles. The molecule has 0 unspecified atom stereocenters. The third-order valence-electron chi connectivity index (χ3n) is 4.48. The fraction of sp³-hybridized carbons (Fsp3) is 0.400. The Morgan fingerprint density at radius 3 is 2.04 bits per heavy atom. The highest BCUT2D eigenvalue weighted by Crippen LogP contribution is 2.15. The first-order chi connectivity index (χ1) is 11.7. The summed E-state index contributed by atoms with van der Waals surface area (Å²) in [6.07, 6.45) is 3.62. The SMILES string of the molecule is Fc1cccc(CN(Cc2cccc(F)c2)C[C@@H]2CCCCN2)c1. The maximum atomic E-state index is 13.5. The minimum absolute atomic E-state index is 0.214. The van der Waals surface area contributed by atoms with E-state index < -0.39 is 0 Å². The standard InChI is InChI=1S/C20H24F2N2/c21-18-7-3-5-16(11-18)13-24(15-20-9-1-2-10-23-20)14-17-6-4-8-19(22)12-17/h3-8,11-12,20,23H,1-2,9-10,13-15H2/t20-/m0/s1. The van der Waals surface area contributed by atoms with E-state index >= 15 is 0 Å². The number of hydrogen-bond donors (Lipinski definition) is 1. The zero-order valence-electron chi connectivity index (χ0n) is 13.8. The van der Waals surface area contributed by atoms with Crippen LogP contribution in [0.25, 0.3) is 0 Å². The highest BCUT2D eigenvalue weighted by atomic mass is 19.1. The Morgan fingerprint density at radius 2 is 1.54 bits per heavy atom. The van der Waals surface area contributed by atoms with Gasteiger partial charge in [-0.3, -0.25) is 4.90 Å². The van der Waals surface area contributed by atoms with E-state index in [4.69, 9.17) is 0 Å². The number of nitrogens with one attached hydrogen (secondary N) is 1. The molecule has 0 bridgehead atoms. The first-order valence-electron chi connectivity index (χ1n) is 8.64. The van der Waals surface area contributed by atoms with Crippen LogP contribution in [0.1, 0.15) is 30.4 Å². The third-order valence-corrected chi connectivity index (χ3v) is 4.48. The Hall–Kier alpha value is -1.78. The van der Waals surface area contributed by atoms with E-state index in [1.165, 1.54) is 25.0 Å². The molecular weight excluding hydrogens is 306 g/mol. The molecule has 128 valence electrons. The molecule has 0 aliphatic carbocycles. The van der Waals surface area contributed by atoms with Crippen molar-refractivity contribution in [3.63, 3.8) is 0 Å². The van der Waals surface area contributed by atoms with Crippen LogP contribution in [0.2, 0.25) is 0 Å². The van der Waals surface area contributed by atoms with Crippen molar-refractivity contribution in [3.8, 4) is 0 Å². The van der Waals surface area contributed by atoms with E-state index in [0.717, 1.165) is 30.6 Å². The van der Waals surface area contributed by atoms with Crippen molar-refractivity contribution in [1.82, 2.24) is 10.2 Å². The number of benzene rings is 2. The molecule has 1 aliphatic rings. The lowest BCUT2D eigenvalue weighted by atomic mass is 10.0. The molecule has 0 spiro atoms. The molecule has 2 aromatic carbocycles. The second kappa shape index (κ2) is 8.36. The van der Waals surface area contributed by atoms with Gasteiger partial charge in [0.15, 0.2) is 0 Å². The summed E-state index contributed by atoms with van der Waals surface area (Å²) in [5.41, 5.74) is 1.89. The van der Waals surface area contributed by atoms with Gasteiger partial charge in [0.25, 0.3) is 0 Å². The zero-order chi connectivity index (χ0) is 16.8. The van der Waals surface area contributed by atoms with Crippen LogP contribution < -0.4 is 5.32 Å². The molecule has 4 heteroatoms. The maximum Gasteiger partial charge on any atom is 0.123 e. The Bertz CT molecular complexity index is 606. The van der Waals surface area contributed by atoms with E-state index in [0.29, 0.717) is 19.1 Å². The first kappa shape index (κ1) is 17.1. The lowest BCUT2D eigenvalue weighted by Crippen LogP contribution is -2.43. The van der Waals surface area contributed by atoms with Crippen LogP contribution in [0.15, 0.2) is 48.5 Å². The van der Waals surface area contributed by atoms with Crippen molar-refractivity contribution in [2.24, 2.45) is 0 Å². The Morgan fingerprint density at radius 1 is 0.917 bits per heavy atom. The topological polar surface area (TPSA) is 15.3 Å². The van der Waals surface area contributed by atoms with E-state index in [1.807, 2.05) is 12.1 Å². The summed E-state index contributed by atoms with van der Waals surface area (Å²) in [7, 11) is 0. The summed E-state index contributed by atoms with van der Waals surface area (Å²) in [5, 5.41) is 3.55. The lowest BCUT2D eigenvalue weighted by molar-refractivity contribution is 0.209. The molecule has 0 saturated carbocycles. The van der Waals surface area contributed by atoms with Crippen LogP contribution in [0, 0.1) is 11.6 Å². The molecule has 1 N–H and O–H groups in total. The quantitative estimate of drug-likeness (QED) is 0.857. The molecule has 1 fully saturated rings. The number of piperidine rings is 1. The van der Waals surface area contributed by atoms with Gasteiger partial charge in [0.2, 0.25) is 0 Å². The van der Waals surface area contributed by atoms with Gasteiger partial charge in [-0.1, -0.05) is 30.7 Å². The molecule has 3 rings (SSSR count). The van der Waals surface area contributed by atoms with Crippen molar-refractivity contribution in [2.75, 3.05) is 13.1 Å². The summed E-state index contributed by atoms with van der Waals surface area (Å²) in [6.45, 7) is 3.25. The average Bonchev–Trinajstić information content (AvgIpc) is 2.56. The molecule has 2 aromatic rings. The second-order valence-corrected chi connectivity index (χ2v) is 6.58. The molecule has 0 amide bonds. The van der Waals surface area contributed by atoms with E-state index in [9.17, 15) is 8.78 Å². The van der Waals surface area contributed by atoms with Crippen molar-refractivity contribution < 1.29 is 8.78 Å². The van der Waals surface area contributed by atoms with Crippen LogP contribution in [-0.2, 0) is 13.1 Å². The van der Waals surface area contributed by atoms with Crippen LogP contribution in [-0.4, -0.2) is 24.0 Å². The first-order valence-corrected chi connectivity index (χ1v) is 8.64. The van der Waals surface area contributed by atoms with Crippen molar-refractivity contribution in [3.05, 3.63) is 71.3 Å². The highest BCUT2D eigenvalue weighted by molar-refractivity contribution is 5.18. The highest BCUT2D eigenvalue weighted by Gasteiger charge is 2.17. The van der Waals surface area contributed by atoms with Crippen LogP contribution in [0.5, 0.6) is 0 Å². The predicted octanol–water partition coefficient (Wildman–Crippen LogP) is 4.11. The van der Waals surface area contributed by atoms with Crippen LogP contribution in [0.4, 0.5) is 8.78 Å². The Kier molecular flexibility index (Phi) is 5.94. The molecule has 2 nitrogen and oxygen atoms in total. The van der Waals surface area contributed by atoms with Gasteiger partial charge >= 0.3 is 0 Å². The Balaban J connectivity index is 1.71. The van der Waals surface area contributed by atoms with Gasteiger partial charge in [-0.2, -0.15) is 0 Å². The van der Waals surface area contributed by atoms with Gasteiger partial charge in [-0.25, -0.2) is 8.78 Å². The Labute approximate surface area is 142 Å². The summed E-state index contributed by atoms with van der Waals surface area (Å²) in [6, 6.07) is 13.9. The molecular formula is C20H24F2N2. The number of hydrogen-bond acceptors (Lipinski definition) is 2. The monoisotopic (exact) mass is 330 g/mol. The van der Waals surface area contributed by atoms with E-state index in [-0.39, 0.29) is 11.6 Å². The third kappa shape index (κ3) is 5.11.